The zero-order valence-electron chi connectivity index (χ0n) is 14.3. The van der Waals surface area contributed by atoms with Crippen molar-refractivity contribution in [2.75, 3.05) is 43.5 Å². The number of rotatable bonds is 6. The van der Waals surface area contributed by atoms with Gasteiger partial charge < -0.3 is 15.3 Å². The van der Waals surface area contributed by atoms with Crippen molar-refractivity contribution in [1.82, 2.24) is 4.90 Å². The Morgan fingerprint density at radius 2 is 1.83 bits per heavy atom. The van der Waals surface area contributed by atoms with Crippen LogP contribution in [0.1, 0.15) is 32.6 Å². The Labute approximate surface area is 139 Å². The Kier molecular flexibility index (Phi) is 6.86. The molecule has 0 aromatic heterocycles. The summed E-state index contributed by atoms with van der Waals surface area (Å²) in [6, 6.07) is 8.08. The van der Waals surface area contributed by atoms with E-state index < -0.39 is 0 Å². The molecule has 0 radical (unpaired) electrons. The van der Waals surface area contributed by atoms with Crippen LogP contribution in [0, 0.1) is 0 Å². The third-order valence-corrected chi connectivity index (χ3v) is 4.53. The van der Waals surface area contributed by atoms with E-state index >= 15 is 0 Å². The Balaban J connectivity index is 1.88. The number of nitrogens with one attached hydrogen (secondary N) is 1. The van der Waals surface area contributed by atoms with E-state index in [9.17, 15) is 4.79 Å². The molecule has 128 valence electrons. The normalized spacial score (nSPS) is 17.0. The molecule has 0 bridgehead atoms. The molecule has 1 aliphatic rings. The van der Waals surface area contributed by atoms with E-state index in [1.54, 1.807) is 0 Å². The topological polar surface area (TPSA) is 55.8 Å². The van der Waals surface area contributed by atoms with Crippen LogP contribution in [-0.4, -0.2) is 55.2 Å². The minimum atomic E-state index is -0.0599. The van der Waals surface area contributed by atoms with Crippen LogP contribution >= 0.6 is 0 Å². The van der Waals surface area contributed by atoms with Crippen LogP contribution in [0.15, 0.2) is 24.3 Å². The molecule has 1 atom stereocenters. The van der Waals surface area contributed by atoms with E-state index in [0.717, 1.165) is 18.8 Å². The first-order valence-corrected chi connectivity index (χ1v) is 8.56. The molecule has 1 heterocycles. The number of aliphatic hydroxyl groups excluding tert-OH is 1. The van der Waals surface area contributed by atoms with E-state index in [-0.39, 0.29) is 25.1 Å². The Morgan fingerprint density at radius 3 is 2.39 bits per heavy atom. The molecule has 1 aromatic carbocycles. The lowest BCUT2D eigenvalue weighted by Gasteiger charge is -2.23. The van der Waals surface area contributed by atoms with Gasteiger partial charge in [-0.3, -0.25) is 9.69 Å². The molecule has 5 nitrogen and oxygen atoms in total. The van der Waals surface area contributed by atoms with Gasteiger partial charge in [0.1, 0.15) is 0 Å². The average Bonchev–Trinajstić information content (AvgIpc) is 2.84. The summed E-state index contributed by atoms with van der Waals surface area (Å²) in [6.07, 6.45) is 5.16. The molecule has 0 saturated carbocycles. The maximum absolute atomic E-state index is 12.0. The smallest absolute Gasteiger partial charge is 0.238 e. The van der Waals surface area contributed by atoms with Gasteiger partial charge in [-0.25, -0.2) is 0 Å². The van der Waals surface area contributed by atoms with Gasteiger partial charge in [-0.1, -0.05) is 12.8 Å². The second-order valence-corrected chi connectivity index (χ2v) is 6.44. The number of carbonyl (C=O) groups excluding carboxylic acids is 1. The van der Waals surface area contributed by atoms with Crippen molar-refractivity contribution in [3.63, 3.8) is 0 Å². The van der Waals surface area contributed by atoms with E-state index in [2.05, 4.69) is 22.3 Å². The van der Waals surface area contributed by atoms with E-state index in [1.807, 2.05) is 31.0 Å². The summed E-state index contributed by atoms with van der Waals surface area (Å²) in [5.41, 5.74) is 2.05. The summed E-state index contributed by atoms with van der Waals surface area (Å²) in [6.45, 7) is 4.46. The first-order chi connectivity index (χ1) is 11.1. The van der Waals surface area contributed by atoms with Crippen molar-refractivity contribution >= 4 is 17.3 Å². The number of hydrogen-bond donors (Lipinski definition) is 2. The number of nitrogens with zero attached hydrogens (tertiary/aromatic N) is 2. The van der Waals surface area contributed by atoms with Crippen LogP contribution < -0.4 is 10.2 Å². The van der Waals surface area contributed by atoms with Gasteiger partial charge in [0.2, 0.25) is 5.91 Å². The van der Waals surface area contributed by atoms with E-state index in [1.165, 1.54) is 31.4 Å². The first kappa shape index (κ1) is 17.8. The highest BCUT2D eigenvalue weighted by Crippen LogP contribution is 2.21. The highest BCUT2D eigenvalue weighted by atomic mass is 16.3. The van der Waals surface area contributed by atoms with Gasteiger partial charge >= 0.3 is 0 Å². The number of carbonyl (C=O) groups is 1. The fourth-order valence-electron chi connectivity index (χ4n) is 2.81. The molecule has 1 saturated heterocycles. The van der Waals surface area contributed by atoms with E-state index in [4.69, 9.17) is 5.11 Å². The van der Waals surface area contributed by atoms with Crippen molar-refractivity contribution in [2.24, 2.45) is 0 Å². The van der Waals surface area contributed by atoms with Gasteiger partial charge in [-0.05, 0) is 51.1 Å². The minimum Gasteiger partial charge on any atom is -0.395 e. The molecular weight excluding hydrogens is 290 g/mol. The summed E-state index contributed by atoms with van der Waals surface area (Å²) < 4.78 is 0. The molecule has 23 heavy (non-hydrogen) atoms. The van der Waals surface area contributed by atoms with Gasteiger partial charge in [0.15, 0.2) is 0 Å². The summed E-state index contributed by atoms with van der Waals surface area (Å²) in [4.78, 5) is 16.3. The fraction of sp³-hybridized carbons (Fsp3) is 0.611. The summed E-state index contributed by atoms with van der Waals surface area (Å²) in [5, 5.41) is 12.0. The van der Waals surface area contributed by atoms with Gasteiger partial charge in [0, 0.05) is 30.5 Å². The predicted octanol–water partition coefficient (Wildman–Crippen LogP) is 2.32. The van der Waals surface area contributed by atoms with Crippen LogP contribution in [0.2, 0.25) is 0 Å². The predicted molar refractivity (Wildman–Crippen MR) is 94.9 cm³/mol. The summed E-state index contributed by atoms with van der Waals surface area (Å²) >= 11 is 0. The number of benzene rings is 1. The first-order valence-electron chi connectivity index (χ1n) is 8.56. The van der Waals surface area contributed by atoms with Crippen LogP contribution in [0.25, 0.3) is 0 Å². The Morgan fingerprint density at radius 1 is 1.22 bits per heavy atom. The van der Waals surface area contributed by atoms with Crippen LogP contribution in [0.5, 0.6) is 0 Å². The zero-order chi connectivity index (χ0) is 16.7. The average molecular weight is 319 g/mol. The van der Waals surface area contributed by atoms with Crippen LogP contribution in [0.4, 0.5) is 11.4 Å². The third-order valence-electron chi connectivity index (χ3n) is 4.53. The SMILES string of the molecule is CC(CO)N(C)CC(=O)Nc1ccc(N2CCCCCC2)cc1. The number of aliphatic hydroxyl groups is 1. The lowest BCUT2D eigenvalue weighted by atomic mass is 10.2. The van der Waals surface area contributed by atoms with Crippen molar-refractivity contribution in [1.29, 1.82) is 0 Å². The van der Waals surface area contributed by atoms with Crippen LogP contribution in [0.3, 0.4) is 0 Å². The second kappa shape index (κ2) is 8.89. The molecule has 5 heteroatoms. The number of anilines is 2. The van der Waals surface area contributed by atoms with Crippen molar-refractivity contribution in [2.45, 2.75) is 38.6 Å². The summed E-state index contributed by atoms with van der Waals surface area (Å²) in [7, 11) is 1.84. The standard InChI is InChI=1S/C18H29N3O2/c1-15(14-22)20(2)13-18(23)19-16-7-9-17(10-8-16)21-11-5-3-4-6-12-21/h7-10,15,22H,3-6,11-14H2,1-2H3,(H,19,23). The van der Waals surface area contributed by atoms with Crippen LogP contribution in [-0.2, 0) is 4.79 Å². The maximum Gasteiger partial charge on any atom is 0.238 e. The zero-order valence-corrected chi connectivity index (χ0v) is 14.3. The molecule has 1 aliphatic heterocycles. The Bertz CT molecular complexity index is 482. The van der Waals surface area contributed by atoms with Gasteiger partial charge in [-0.2, -0.15) is 0 Å². The van der Waals surface area contributed by atoms with Crippen molar-refractivity contribution < 1.29 is 9.90 Å². The quantitative estimate of drug-likeness (QED) is 0.845. The van der Waals surface area contributed by atoms with Gasteiger partial charge in [-0.15, -0.1) is 0 Å². The Hall–Kier alpha value is -1.59. The second-order valence-electron chi connectivity index (χ2n) is 6.44. The molecule has 1 aromatic rings. The molecule has 2 rings (SSSR count). The number of likely N-dealkylation sites (N-methyl/N-ethyl adjacent to an activating group) is 1. The molecule has 1 amide bonds. The molecule has 2 N–H and O–H groups in total. The minimum absolute atomic E-state index is 0.0221. The number of hydrogen-bond acceptors (Lipinski definition) is 4. The van der Waals surface area contributed by atoms with Gasteiger partial charge in [0.05, 0.1) is 13.2 Å². The van der Waals surface area contributed by atoms with Crippen molar-refractivity contribution in [3.8, 4) is 0 Å². The van der Waals surface area contributed by atoms with E-state index in [0.29, 0.717) is 0 Å². The molecule has 1 fully saturated rings. The lowest BCUT2D eigenvalue weighted by Crippen LogP contribution is -2.38. The number of amides is 1. The summed E-state index contributed by atoms with van der Waals surface area (Å²) in [5.74, 6) is -0.0599. The largest absolute Gasteiger partial charge is 0.395 e. The van der Waals surface area contributed by atoms with Crippen molar-refractivity contribution in [3.05, 3.63) is 24.3 Å². The van der Waals surface area contributed by atoms with Gasteiger partial charge in [0.25, 0.3) is 0 Å². The maximum atomic E-state index is 12.0. The third kappa shape index (κ3) is 5.52. The monoisotopic (exact) mass is 319 g/mol. The fourth-order valence-corrected chi connectivity index (χ4v) is 2.81. The highest BCUT2D eigenvalue weighted by Gasteiger charge is 2.13. The molecular formula is C18H29N3O2. The molecule has 0 aliphatic carbocycles. The highest BCUT2D eigenvalue weighted by molar-refractivity contribution is 5.92. The molecule has 1 unspecified atom stereocenters. The lowest BCUT2D eigenvalue weighted by molar-refractivity contribution is -0.117. The molecule has 0 spiro atoms.